The van der Waals surface area contributed by atoms with Crippen molar-refractivity contribution in [1.29, 1.82) is 0 Å². The number of primary amides is 1. The molecule has 1 unspecified atom stereocenters. The number of alkyl halides is 3. The third kappa shape index (κ3) is 4.64. The summed E-state index contributed by atoms with van der Waals surface area (Å²) in [5, 5.41) is 0. The van der Waals surface area contributed by atoms with E-state index >= 15 is 0 Å². The minimum absolute atomic E-state index is 0.227. The fourth-order valence-electron chi connectivity index (χ4n) is 2.71. The van der Waals surface area contributed by atoms with Gasteiger partial charge < -0.3 is 10.5 Å². The number of carbonyl (C=O) groups excluding carboxylic acids is 1. The molecule has 1 atom stereocenters. The molecule has 0 bridgehead atoms. The van der Waals surface area contributed by atoms with E-state index in [0.29, 0.717) is 0 Å². The molecule has 0 spiro atoms. The summed E-state index contributed by atoms with van der Waals surface area (Å²) in [5.74, 6) is -1.50. The number of rotatable bonds is 6. The highest BCUT2D eigenvalue weighted by Crippen LogP contribution is 2.32. The Bertz CT molecular complexity index is 767. The highest BCUT2D eigenvalue weighted by Gasteiger charge is 2.31. The topological polar surface area (TPSA) is 52.3 Å². The Balaban J connectivity index is 2.28. The summed E-state index contributed by atoms with van der Waals surface area (Å²) in [4.78, 5) is 11.9. The van der Waals surface area contributed by atoms with Gasteiger partial charge >= 0.3 is 6.18 Å². The molecule has 140 valence electrons. The third-order valence-corrected chi connectivity index (χ3v) is 4.56. The molecular formula is C20H22F3NO2. The van der Waals surface area contributed by atoms with Crippen molar-refractivity contribution < 1.29 is 22.7 Å². The van der Waals surface area contributed by atoms with Crippen molar-refractivity contribution in [1.82, 2.24) is 0 Å². The van der Waals surface area contributed by atoms with Gasteiger partial charge in [-0.05, 0) is 43.0 Å². The Morgan fingerprint density at radius 1 is 1.08 bits per heavy atom. The van der Waals surface area contributed by atoms with Crippen LogP contribution in [-0.2, 0) is 27.7 Å². The first-order valence-corrected chi connectivity index (χ1v) is 8.15. The first-order valence-electron chi connectivity index (χ1n) is 8.15. The molecule has 2 aromatic carbocycles. The summed E-state index contributed by atoms with van der Waals surface area (Å²) in [5.41, 5.74) is 6.23. The summed E-state index contributed by atoms with van der Waals surface area (Å²) in [6.07, 6.45) is -4.24. The van der Waals surface area contributed by atoms with Gasteiger partial charge in [0.1, 0.15) is 0 Å². The Morgan fingerprint density at radius 2 is 1.69 bits per heavy atom. The molecule has 0 saturated heterocycles. The monoisotopic (exact) mass is 365 g/mol. The number of benzene rings is 2. The van der Waals surface area contributed by atoms with Gasteiger partial charge in [0.25, 0.3) is 0 Å². The third-order valence-electron chi connectivity index (χ3n) is 4.56. The zero-order valence-corrected chi connectivity index (χ0v) is 14.9. The van der Waals surface area contributed by atoms with E-state index in [0.717, 1.165) is 23.3 Å². The minimum Gasteiger partial charge on any atom is -0.374 e. The molecule has 1 amide bonds. The molecule has 0 aliphatic heterocycles. The highest BCUT2D eigenvalue weighted by molar-refractivity contribution is 5.82. The average molecular weight is 365 g/mol. The molecule has 0 heterocycles. The van der Waals surface area contributed by atoms with Crippen LogP contribution >= 0.6 is 0 Å². The zero-order chi connectivity index (χ0) is 19.5. The van der Waals surface area contributed by atoms with E-state index in [2.05, 4.69) is 0 Å². The van der Waals surface area contributed by atoms with Crippen molar-refractivity contribution in [3.8, 4) is 0 Å². The summed E-state index contributed by atoms with van der Waals surface area (Å²) < 4.78 is 44.2. The molecule has 0 aromatic heterocycles. The molecule has 2 rings (SSSR count). The predicted octanol–water partition coefficient (Wildman–Crippen LogP) is 4.40. The maximum Gasteiger partial charge on any atom is 0.416 e. The molecule has 0 aliphatic carbocycles. The number of ether oxygens (including phenoxy) is 1. The quantitative estimate of drug-likeness (QED) is 0.825. The van der Waals surface area contributed by atoms with E-state index < -0.39 is 29.2 Å². The Labute approximate surface area is 151 Å². The van der Waals surface area contributed by atoms with Gasteiger partial charge in [0.15, 0.2) is 0 Å². The average Bonchev–Trinajstić information content (AvgIpc) is 2.59. The minimum atomic E-state index is -4.47. The lowest BCUT2D eigenvalue weighted by molar-refractivity contribution is -0.137. The van der Waals surface area contributed by atoms with Gasteiger partial charge in [-0.25, -0.2) is 0 Å². The molecule has 2 aromatic rings. The second-order valence-corrected chi connectivity index (χ2v) is 6.69. The maximum absolute atomic E-state index is 12.9. The molecule has 3 nitrogen and oxygen atoms in total. The summed E-state index contributed by atoms with van der Waals surface area (Å²) in [6.45, 7) is 3.85. The van der Waals surface area contributed by atoms with Crippen molar-refractivity contribution in [3.05, 3.63) is 70.8 Å². The van der Waals surface area contributed by atoms with Crippen molar-refractivity contribution in [2.75, 3.05) is 7.11 Å². The van der Waals surface area contributed by atoms with Gasteiger partial charge in [-0.3, -0.25) is 4.79 Å². The van der Waals surface area contributed by atoms with Crippen molar-refractivity contribution in [3.63, 3.8) is 0 Å². The zero-order valence-electron chi connectivity index (χ0n) is 14.9. The number of amides is 1. The normalized spacial score (nSPS) is 13.5. The Hall–Kier alpha value is -2.34. The summed E-state index contributed by atoms with van der Waals surface area (Å²) in [7, 11) is 1.62. The molecule has 6 heteroatoms. The van der Waals surface area contributed by atoms with Gasteiger partial charge in [0, 0.05) is 7.11 Å². The molecule has 0 aliphatic rings. The van der Waals surface area contributed by atoms with Gasteiger partial charge in [-0.15, -0.1) is 0 Å². The van der Waals surface area contributed by atoms with Crippen LogP contribution in [0.2, 0.25) is 0 Å². The Kier molecular flexibility index (Phi) is 5.76. The van der Waals surface area contributed by atoms with Crippen molar-refractivity contribution in [2.45, 2.75) is 38.0 Å². The molecule has 26 heavy (non-hydrogen) atoms. The Morgan fingerprint density at radius 3 is 2.19 bits per heavy atom. The number of nitrogens with two attached hydrogens (primary N) is 1. The standard InChI is InChI=1S/C20H22F3NO2/c1-19(2,26-3)15-9-7-13(8-10-15)11-17(18(24)25)14-5-4-6-16(12-14)20(21,22)23/h4-10,12,17H,11H2,1-3H3,(H2,24,25). The van der Waals surface area contributed by atoms with E-state index in [9.17, 15) is 18.0 Å². The largest absolute Gasteiger partial charge is 0.416 e. The number of hydrogen-bond donors (Lipinski definition) is 1. The lowest BCUT2D eigenvalue weighted by Gasteiger charge is -2.24. The van der Waals surface area contributed by atoms with Crippen LogP contribution in [0.4, 0.5) is 13.2 Å². The fourth-order valence-corrected chi connectivity index (χ4v) is 2.71. The van der Waals surface area contributed by atoms with Crippen LogP contribution in [0.1, 0.15) is 42.0 Å². The second kappa shape index (κ2) is 7.50. The van der Waals surface area contributed by atoms with E-state index in [1.165, 1.54) is 12.1 Å². The van der Waals surface area contributed by atoms with Crippen molar-refractivity contribution >= 4 is 5.91 Å². The van der Waals surface area contributed by atoms with Crippen LogP contribution in [0, 0.1) is 0 Å². The van der Waals surface area contributed by atoms with Crippen LogP contribution in [0.25, 0.3) is 0 Å². The van der Waals surface area contributed by atoms with Crippen LogP contribution in [0.15, 0.2) is 48.5 Å². The van der Waals surface area contributed by atoms with Crippen LogP contribution in [0.5, 0.6) is 0 Å². The van der Waals surface area contributed by atoms with Crippen LogP contribution in [-0.4, -0.2) is 13.0 Å². The van der Waals surface area contributed by atoms with E-state index in [1.54, 1.807) is 7.11 Å². The molecule has 0 radical (unpaired) electrons. The van der Waals surface area contributed by atoms with Crippen LogP contribution < -0.4 is 5.73 Å². The molecule has 0 fully saturated rings. The smallest absolute Gasteiger partial charge is 0.374 e. The number of carbonyl (C=O) groups is 1. The van der Waals surface area contributed by atoms with Gasteiger partial charge in [0.05, 0.1) is 17.1 Å². The lowest BCUT2D eigenvalue weighted by Crippen LogP contribution is -2.24. The van der Waals surface area contributed by atoms with E-state index in [1.807, 2.05) is 38.1 Å². The molecule has 0 saturated carbocycles. The van der Waals surface area contributed by atoms with E-state index in [4.69, 9.17) is 10.5 Å². The number of hydrogen-bond acceptors (Lipinski definition) is 2. The first kappa shape index (κ1) is 20.0. The molecular weight excluding hydrogens is 343 g/mol. The highest BCUT2D eigenvalue weighted by atomic mass is 19.4. The maximum atomic E-state index is 12.9. The van der Waals surface area contributed by atoms with Crippen molar-refractivity contribution in [2.24, 2.45) is 5.73 Å². The van der Waals surface area contributed by atoms with E-state index in [-0.39, 0.29) is 12.0 Å². The molecule has 2 N–H and O–H groups in total. The predicted molar refractivity (Wildman–Crippen MR) is 93.6 cm³/mol. The van der Waals surface area contributed by atoms with Gasteiger partial charge in [0.2, 0.25) is 5.91 Å². The van der Waals surface area contributed by atoms with Gasteiger partial charge in [-0.1, -0.05) is 42.5 Å². The number of methoxy groups -OCH3 is 1. The fraction of sp³-hybridized carbons (Fsp3) is 0.350. The van der Waals surface area contributed by atoms with Gasteiger partial charge in [-0.2, -0.15) is 13.2 Å². The van der Waals surface area contributed by atoms with Crippen LogP contribution in [0.3, 0.4) is 0 Å². The number of halogens is 3. The summed E-state index contributed by atoms with van der Waals surface area (Å²) in [6, 6.07) is 12.2. The SMILES string of the molecule is COC(C)(C)c1ccc(CC(C(N)=O)c2cccc(C(F)(F)F)c2)cc1. The first-order chi connectivity index (χ1) is 12.0. The summed E-state index contributed by atoms with van der Waals surface area (Å²) >= 11 is 0. The lowest BCUT2D eigenvalue weighted by atomic mass is 9.89. The second-order valence-electron chi connectivity index (χ2n) is 6.69.